The Morgan fingerprint density at radius 3 is 2.82 bits per heavy atom. The van der Waals surface area contributed by atoms with Crippen LogP contribution in [0.1, 0.15) is 24.3 Å². The molecule has 1 atom stereocenters. The van der Waals surface area contributed by atoms with Crippen molar-refractivity contribution in [3.63, 3.8) is 0 Å². The summed E-state index contributed by atoms with van der Waals surface area (Å²) in [5.41, 5.74) is 3.45. The summed E-state index contributed by atoms with van der Waals surface area (Å²) in [7, 11) is 0. The summed E-state index contributed by atoms with van der Waals surface area (Å²) in [5.74, 6) is 0.954. The van der Waals surface area contributed by atoms with E-state index in [0.29, 0.717) is 0 Å². The molecule has 0 unspecified atom stereocenters. The second kappa shape index (κ2) is 8.16. The van der Waals surface area contributed by atoms with E-state index >= 15 is 0 Å². The number of thioether (sulfide) groups is 1. The van der Waals surface area contributed by atoms with Gasteiger partial charge in [0, 0.05) is 10.9 Å². The fourth-order valence-corrected chi connectivity index (χ4v) is 4.73. The molecule has 4 aromatic rings. The van der Waals surface area contributed by atoms with Crippen molar-refractivity contribution in [2.75, 3.05) is 5.75 Å². The van der Waals surface area contributed by atoms with Gasteiger partial charge in [0.15, 0.2) is 0 Å². The van der Waals surface area contributed by atoms with Crippen molar-refractivity contribution in [2.45, 2.75) is 24.9 Å². The lowest BCUT2D eigenvalue weighted by Crippen LogP contribution is -2.27. The van der Waals surface area contributed by atoms with E-state index in [0.717, 1.165) is 32.1 Å². The zero-order valence-electron chi connectivity index (χ0n) is 15.5. The summed E-state index contributed by atoms with van der Waals surface area (Å²) in [4.78, 5) is 22.1. The van der Waals surface area contributed by atoms with Crippen molar-refractivity contribution in [2.24, 2.45) is 0 Å². The molecule has 0 aliphatic carbocycles. The Morgan fingerprint density at radius 2 is 2.07 bits per heavy atom. The van der Waals surface area contributed by atoms with Crippen molar-refractivity contribution in [3.8, 4) is 11.1 Å². The van der Waals surface area contributed by atoms with Crippen molar-refractivity contribution in [3.05, 3.63) is 65.7 Å². The maximum absolute atomic E-state index is 12.4. The Labute approximate surface area is 171 Å². The van der Waals surface area contributed by atoms with Gasteiger partial charge in [-0.05, 0) is 31.5 Å². The van der Waals surface area contributed by atoms with Crippen LogP contribution in [0.25, 0.3) is 21.3 Å². The predicted molar refractivity (Wildman–Crippen MR) is 114 cm³/mol. The van der Waals surface area contributed by atoms with Gasteiger partial charge in [0.1, 0.15) is 21.9 Å². The third kappa shape index (κ3) is 3.95. The molecule has 3 aromatic heterocycles. The normalized spacial score (nSPS) is 12.2. The number of fused-ring (bicyclic) bond motifs is 1. The Balaban J connectivity index is 1.53. The van der Waals surface area contributed by atoms with E-state index in [1.165, 1.54) is 17.3 Å². The summed E-state index contributed by atoms with van der Waals surface area (Å²) in [6.45, 7) is 3.97. The molecule has 0 saturated carbocycles. The molecule has 0 aliphatic heterocycles. The van der Waals surface area contributed by atoms with Crippen molar-refractivity contribution in [1.29, 1.82) is 0 Å². The van der Waals surface area contributed by atoms with Gasteiger partial charge in [0.2, 0.25) is 5.91 Å². The van der Waals surface area contributed by atoms with Gasteiger partial charge in [-0.25, -0.2) is 9.97 Å². The topological polar surface area (TPSA) is 68.0 Å². The Bertz CT molecular complexity index is 1090. The van der Waals surface area contributed by atoms with Gasteiger partial charge in [-0.1, -0.05) is 41.6 Å². The predicted octanol–water partition coefficient (Wildman–Crippen LogP) is 5.23. The van der Waals surface area contributed by atoms with Crippen molar-refractivity contribution in [1.82, 2.24) is 15.3 Å². The number of aryl methyl sites for hydroxylation is 1. The molecule has 4 rings (SSSR count). The first-order valence-electron chi connectivity index (χ1n) is 8.86. The Hall–Kier alpha value is -2.64. The number of benzene rings is 1. The molecule has 28 heavy (non-hydrogen) atoms. The molecular formula is C21H19N3O2S2. The fourth-order valence-electron chi connectivity index (χ4n) is 2.93. The van der Waals surface area contributed by atoms with Gasteiger partial charge in [-0.15, -0.1) is 11.3 Å². The van der Waals surface area contributed by atoms with Gasteiger partial charge < -0.3 is 9.73 Å². The number of amides is 1. The highest BCUT2D eigenvalue weighted by Gasteiger charge is 2.16. The van der Waals surface area contributed by atoms with Crippen LogP contribution in [0.2, 0.25) is 0 Å². The molecule has 0 spiro atoms. The Kier molecular flexibility index (Phi) is 5.45. The molecule has 3 heterocycles. The molecule has 1 amide bonds. The number of thiophene rings is 1. The highest BCUT2D eigenvalue weighted by atomic mass is 32.2. The lowest BCUT2D eigenvalue weighted by atomic mass is 10.1. The quantitative estimate of drug-likeness (QED) is 0.349. The SMILES string of the molecule is Cc1ccc(-c2csc3ncnc(SCC(=O)N[C@H](C)c4ccco4)c23)cc1. The van der Waals surface area contributed by atoms with E-state index < -0.39 is 0 Å². The molecule has 5 nitrogen and oxygen atoms in total. The zero-order chi connectivity index (χ0) is 19.5. The summed E-state index contributed by atoms with van der Waals surface area (Å²) >= 11 is 3.02. The van der Waals surface area contributed by atoms with Gasteiger partial charge in [-0.2, -0.15) is 0 Å². The molecule has 7 heteroatoms. The molecule has 142 valence electrons. The highest BCUT2D eigenvalue weighted by molar-refractivity contribution is 8.00. The second-order valence-corrected chi connectivity index (χ2v) is 8.29. The third-order valence-corrected chi connectivity index (χ3v) is 6.26. The number of carbonyl (C=O) groups is 1. The standard InChI is InChI=1S/C21H19N3O2S2/c1-13-5-7-15(8-6-13)16-10-27-20-19(16)21(23-12-22-20)28-11-18(25)24-14(2)17-4-3-9-26-17/h3-10,12,14H,11H2,1-2H3,(H,24,25)/t14-/m1/s1. The van der Waals surface area contributed by atoms with E-state index in [-0.39, 0.29) is 17.7 Å². The lowest BCUT2D eigenvalue weighted by molar-refractivity contribution is -0.119. The number of carbonyl (C=O) groups excluding carboxylic acids is 1. The molecule has 0 fully saturated rings. The third-order valence-electron chi connectivity index (χ3n) is 4.39. The largest absolute Gasteiger partial charge is 0.467 e. The molecule has 0 saturated heterocycles. The number of hydrogen-bond acceptors (Lipinski definition) is 6. The summed E-state index contributed by atoms with van der Waals surface area (Å²) in [6, 6.07) is 11.9. The first-order valence-corrected chi connectivity index (χ1v) is 10.7. The van der Waals surface area contributed by atoms with Gasteiger partial charge in [0.25, 0.3) is 0 Å². The minimum absolute atomic E-state index is 0.0622. The molecule has 0 radical (unpaired) electrons. The van der Waals surface area contributed by atoms with Crippen LogP contribution in [-0.4, -0.2) is 21.6 Å². The van der Waals surface area contributed by atoms with E-state index in [1.807, 2.05) is 19.1 Å². The monoisotopic (exact) mass is 409 g/mol. The number of hydrogen-bond donors (Lipinski definition) is 1. The van der Waals surface area contributed by atoms with Crippen LogP contribution in [0.3, 0.4) is 0 Å². The van der Waals surface area contributed by atoms with Crippen LogP contribution < -0.4 is 5.32 Å². The minimum Gasteiger partial charge on any atom is -0.467 e. The lowest BCUT2D eigenvalue weighted by Gasteiger charge is -2.11. The van der Waals surface area contributed by atoms with Crippen LogP contribution in [0.15, 0.2) is 63.8 Å². The summed E-state index contributed by atoms with van der Waals surface area (Å²) in [6.07, 6.45) is 3.16. The van der Waals surface area contributed by atoms with Crippen molar-refractivity contribution >= 4 is 39.2 Å². The number of rotatable bonds is 6. The summed E-state index contributed by atoms with van der Waals surface area (Å²) < 4.78 is 5.34. The number of nitrogens with zero attached hydrogens (tertiary/aromatic N) is 2. The van der Waals surface area contributed by atoms with E-state index in [2.05, 4.69) is 51.9 Å². The smallest absolute Gasteiger partial charge is 0.230 e. The van der Waals surface area contributed by atoms with Crippen LogP contribution >= 0.6 is 23.1 Å². The van der Waals surface area contributed by atoms with Gasteiger partial charge >= 0.3 is 0 Å². The maximum Gasteiger partial charge on any atom is 0.230 e. The van der Waals surface area contributed by atoms with Crippen LogP contribution in [0.4, 0.5) is 0 Å². The fraction of sp³-hybridized carbons (Fsp3) is 0.190. The first kappa shape index (κ1) is 18.7. The maximum atomic E-state index is 12.4. The average Bonchev–Trinajstić information content (AvgIpc) is 3.37. The first-order chi connectivity index (χ1) is 13.6. The van der Waals surface area contributed by atoms with Crippen molar-refractivity contribution < 1.29 is 9.21 Å². The molecular weight excluding hydrogens is 390 g/mol. The van der Waals surface area contributed by atoms with E-state index in [1.54, 1.807) is 23.9 Å². The molecule has 1 aromatic carbocycles. The molecule has 0 aliphatic rings. The summed E-state index contributed by atoms with van der Waals surface area (Å²) in [5, 5.41) is 6.89. The molecule has 0 bridgehead atoms. The van der Waals surface area contributed by atoms with Crippen LogP contribution in [0, 0.1) is 6.92 Å². The van der Waals surface area contributed by atoms with Gasteiger partial charge in [-0.3, -0.25) is 4.79 Å². The minimum atomic E-state index is -0.169. The number of aromatic nitrogens is 2. The number of furan rings is 1. The second-order valence-electron chi connectivity index (χ2n) is 6.47. The highest BCUT2D eigenvalue weighted by Crippen LogP contribution is 2.37. The van der Waals surface area contributed by atoms with Crippen LogP contribution in [-0.2, 0) is 4.79 Å². The average molecular weight is 410 g/mol. The number of nitrogens with one attached hydrogen (secondary N) is 1. The zero-order valence-corrected chi connectivity index (χ0v) is 17.1. The van der Waals surface area contributed by atoms with Crippen LogP contribution in [0.5, 0.6) is 0 Å². The van der Waals surface area contributed by atoms with Gasteiger partial charge in [0.05, 0.1) is 23.4 Å². The van der Waals surface area contributed by atoms with E-state index in [4.69, 9.17) is 4.42 Å². The van der Waals surface area contributed by atoms with E-state index in [9.17, 15) is 4.79 Å². The molecule has 1 N–H and O–H groups in total. The Morgan fingerprint density at radius 1 is 1.25 bits per heavy atom.